The van der Waals surface area contributed by atoms with E-state index in [1.807, 2.05) is 12.1 Å². The molecule has 2 aromatic rings. The van der Waals surface area contributed by atoms with E-state index in [1.165, 1.54) is 11.6 Å². The molecule has 1 unspecified atom stereocenters. The van der Waals surface area contributed by atoms with Crippen molar-refractivity contribution in [2.75, 3.05) is 6.54 Å². The average molecular weight is 272 g/mol. The molecule has 0 aliphatic rings. The summed E-state index contributed by atoms with van der Waals surface area (Å²) in [6.45, 7) is 2.75. The van der Waals surface area contributed by atoms with Gasteiger partial charge in [0, 0.05) is 25.0 Å². The zero-order chi connectivity index (χ0) is 13.5. The van der Waals surface area contributed by atoms with Gasteiger partial charge in [-0.1, -0.05) is 13.0 Å². The van der Waals surface area contributed by atoms with E-state index in [9.17, 15) is 4.79 Å². The van der Waals surface area contributed by atoms with Gasteiger partial charge in [0.05, 0.1) is 0 Å². The Morgan fingerprint density at radius 1 is 1.53 bits per heavy atom. The molecule has 0 saturated heterocycles. The van der Waals surface area contributed by atoms with Crippen molar-refractivity contribution < 1.29 is 4.79 Å². The van der Waals surface area contributed by atoms with Crippen LogP contribution >= 0.6 is 11.3 Å². The van der Waals surface area contributed by atoms with E-state index in [0.717, 1.165) is 5.56 Å². The number of thiophene rings is 1. The van der Waals surface area contributed by atoms with Crippen molar-refractivity contribution in [2.24, 2.45) is 0 Å². The smallest absolute Gasteiger partial charge is 0.244 e. The highest BCUT2D eigenvalue weighted by molar-refractivity contribution is 7.07. The second kappa shape index (κ2) is 6.85. The van der Waals surface area contributed by atoms with E-state index >= 15 is 0 Å². The number of nitrogens with zero attached hydrogens (tertiary/aromatic N) is 1. The Balaban J connectivity index is 1.80. The number of hydrogen-bond donors (Lipinski definition) is 1. The summed E-state index contributed by atoms with van der Waals surface area (Å²) < 4.78 is 0. The Hall–Kier alpha value is -1.94. The molecule has 3 nitrogen and oxygen atoms in total. The quantitative estimate of drug-likeness (QED) is 0.850. The first-order chi connectivity index (χ1) is 9.25. The van der Waals surface area contributed by atoms with E-state index in [4.69, 9.17) is 0 Å². The van der Waals surface area contributed by atoms with Crippen molar-refractivity contribution in [3.63, 3.8) is 0 Å². The number of carbonyl (C=O) groups excluding carboxylic acids is 1. The molecule has 98 valence electrons. The predicted molar refractivity (Wildman–Crippen MR) is 79.0 cm³/mol. The summed E-state index contributed by atoms with van der Waals surface area (Å²) in [5.41, 5.74) is 2.19. The normalized spacial score (nSPS) is 12.5. The zero-order valence-electron chi connectivity index (χ0n) is 10.7. The zero-order valence-corrected chi connectivity index (χ0v) is 11.6. The van der Waals surface area contributed by atoms with Gasteiger partial charge < -0.3 is 5.32 Å². The van der Waals surface area contributed by atoms with Crippen LogP contribution in [0.4, 0.5) is 0 Å². The van der Waals surface area contributed by atoms with Crippen LogP contribution in [-0.4, -0.2) is 17.4 Å². The van der Waals surface area contributed by atoms with Gasteiger partial charge in [-0.3, -0.25) is 9.78 Å². The van der Waals surface area contributed by atoms with Crippen LogP contribution in [0, 0.1) is 0 Å². The number of rotatable bonds is 5. The molecule has 0 aliphatic carbocycles. The molecule has 2 rings (SSSR count). The number of hydrogen-bond acceptors (Lipinski definition) is 3. The lowest BCUT2D eigenvalue weighted by Gasteiger charge is -2.09. The Morgan fingerprint density at radius 3 is 3.11 bits per heavy atom. The van der Waals surface area contributed by atoms with E-state index in [1.54, 1.807) is 29.8 Å². The molecule has 0 saturated carbocycles. The predicted octanol–water partition coefficient (Wildman–Crippen LogP) is 3.08. The van der Waals surface area contributed by atoms with Crippen LogP contribution in [0.2, 0.25) is 0 Å². The van der Waals surface area contributed by atoms with Crippen LogP contribution in [0.15, 0.2) is 47.4 Å². The topological polar surface area (TPSA) is 42.0 Å². The molecule has 1 amide bonds. The molecule has 0 aliphatic heterocycles. The highest BCUT2D eigenvalue weighted by atomic mass is 32.1. The minimum atomic E-state index is -0.0778. The molecular formula is C15H16N2OS. The Kier molecular flexibility index (Phi) is 4.86. The lowest BCUT2D eigenvalue weighted by atomic mass is 10.1. The molecule has 0 aromatic carbocycles. The maximum atomic E-state index is 11.7. The summed E-state index contributed by atoms with van der Waals surface area (Å²) >= 11 is 1.68. The van der Waals surface area contributed by atoms with Crippen LogP contribution < -0.4 is 5.32 Å². The molecule has 19 heavy (non-hydrogen) atoms. The van der Waals surface area contributed by atoms with Crippen molar-refractivity contribution in [3.05, 3.63) is 58.6 Å². The largest absolute Gasteiger partial charge is 0.352 e. The molecule has 0 spiro atoms. The van der Waals surface area contributed by atoms with Gasteiger partial charge in [-0.25, -0.2) is 0 Å². The highest BCUT2D eigenvalue weighted by Gasteiger charge is 2.06. The average Bonchev–Trinajstić information content (AvgIpc) is 2.98. The fourth-order valence-corrected chi connectivity index (χ4v) is 2.41. The maximum absolute atomic E-state index is 11.7. The lowest BCUT2D eigenvalue weighted by Crippen LogP contribution is -2.25. The van der Waals surface area contributed by atoms with Gasteiger partial charge in [0.25, 0.3) is 0 Å². The third-order valence-electron chi connectivity index (χ3n) is 2.81. The Morgan fingerprint density at radius 2 is 2.42 bits per heavy atom. The van der Waals surface area contributed by atoms with E-state index < -0.39 is 0 Å². The summed E-state index contributed by atoms with van der Waals surface area (Å²) in [6.07, 6.45) is 6.73. The third-order valence-corrected chi connectivity index (χ3v) is 3.51. The van der Waals surface area contributed by atoms with Crippen LogP contribution in [0.1, 0.15) is 24.0 Å². The fraction of sp³-hybridized carbons (Fsp3) is 0.200. The molecule has 2 aromatic heterocycles. The minimum absolute atomic E-state index is 0.0778. The van der Waals surface area contributed by atoms with Gasteiger partial charge in [-0.15, -0.1) is 0 Å². The van der Waals surface area contributed by atoms with Crippen molar-refractivity contribution in [2.45, 2.75) is 12.8 Å². The molecule has 4 heteroatoms. The summed E-state index contributed by atoms with van der Waals surface area (Å²) in [5.74, 6) is 0.257. The summed E-state index contributed by atoms with van der Waals surface area (Å²) in [5, 5.41) is 7.06. The third kappa shape index (κ3) is 4.34. The first kappa shape index (κ1) is 13.5. The molecular weight excluding hydrogens is 256 g/mol. The maximum Gasteiger partial charge on any atom is 0.244 e. The van der Waals surface area contributed by atoms with Crippen LogP contribution in [0.25, 0.3) is 6.08 Å². The number of pyridine rings is 1. The Bertz CT molecular complexity index is 535. The second-order valence-corrected chi connectivity index (χ2v) is 5.10. The van der Waals surface area contributed by atoms with Gasteiger partial charge in [0.1, 0.15) is 0 Å². The van der Waals surface area contributed by atoms with Crippen molar-refractivity contribution in [1.29, 1.82) is 0 Å². The number of aromatic nitrogens is 1. The summed E-state index contributed by atoms with van der Waals surface area (Å²) in [6, 6.07) is 5.84. The van der Waals surface area contributed by atoms with Gasteiger partial charge in [0.2, 0.25) is 5.91 Å². The van der Waals surface area contributed by atoms with Crippen molar-refractivity contribution in [1.82, 2.24) is 10.3 Å². The second-order valence-electron chi connectivity index (χ2n) is 4.32. The van der Waals surface area contributed by atoms with Gasteiger partial charge in [-0.05, 0) is 46.0 Å². The SMILES string of the molecule is CC(CNC(=O)C=Cc1cccnc1)c1ccsc1. The number of amides is 1. The molecule has 2 heterocycles. The number of carbonyl (C=O) groups is 1. The summed E-state index contributed by atoms with van der Waals surface area (Å²) in [4.78, 5) is 15.7. The lowest BCUT2D eigenvalue weighted by molar-refractivity contribution is -0.116. The monoisotopic (exact) mass is 272 g/mol. The molecule has 1 atom stereocenters. The van der Waals surface area contributed by atoms with E-state index in [2.05, 4.69) is 34.1 Å². The van der Waals surface area contributed by atoms with Crippen LogP contribution in [-0.2, 0) is 4.79 Å². The van der Waals surface area contributed by atoms with Crippen LogP contribution in [0.3, 0.4) is 0 Å². The highest BCUT2D eigenvalue weighted by Crippen LogP contribution is 2.16. The van der Waals surface area contributed by atoms with E-state index in [0.29, 0.717) is 12.5 Å². The van der Waals surface area contributed by atoms with Crippen LogP contribution in [0.5, 0.6) is 0 Å². The van der Waals surface area contributed by atoms with Gasteiger partial charge >= 0.3 is 0 Å². The van der Waals surface area contributed by atoms with Crippen molar-refractivity contribution in [3.8, 4) is 0 Å². The number of nitrogens with one attached hydrogen (secondary N) is 1. The molecule has 0 fully saturated rings. The minimum Gasteiger partial charge on any atom is -0.352 e. The summed E-state index contributed by atoms with van der Waals surface area (Å²) in [7, 11) is 0. The fourth-order valence-electron chi connectivity index (χ4n) is 1.63. The van der Waals surface area contributed by atoms with Crippen molar-refractivity contribution >= 4 is 23.3 Å². The van der Waals surface area contributed by atoms with E-state index in [-0.39, 0.29) is 5.91 Å². The molecule has 1 N–H and O–H groups in total. The first-order valence-corrected chi connectivity index (χ1v) is 7.08. The van der Waals surface area contributed by atoms with Gasteiger partial charge in [-0.2, -0.15) is 11.3 Å². The standard InChI is InChI=1S/C15H16N2OS/c1-12(14-6-8-19-11-14)9-17-15(18)5-4-13-3-2-7-16-10-13/h2-8,10-12H,9H2,1H3,(H,17,18). The Labute approximate surface area is 117 Å². The molecule has 0 bridgehead atoms. The first-order valence-electron chi connectivity index (χ1n) is 6.14. The molecule has 0 radical (unpaired) electrons. The van der Waals surface area contributed by atoms with Gasteiger partial charge in [0.15, 0.2) is 0 Å².